The lowest BCUT2D eigenvalue weighted by molar-refractivity contribution is 0.629. The number of aryl methyl sites for hydroxylation is 1. The molecule has 1 N–H and O–H groups in total. The lowest BCUT2D eigenvalue weighted by Crippen LogP contribution is -2.24. The Labute approximate surface area is 110 Å². The summed E-state index contributed by atoms with van der Waals surface area (Å²) in [6.07, 6.45) is 1.67. The summed E-state index contributed by atoms with van der Waals surface area (Å²) in [5, 5.41) is 10.2. The molecule has 0 amide bonds. The number of hydrogen-bond acceptors (Lipinski definition) is 5. The van der Waals surface area contributed by atoms with E-state index in [2.05, 4.69) is 15.4 Å². The van der Waals surface area contributed by atoms with Gasteiger partial charge < -0.3 is 5.32 Å². The topological polar surface area (TPSA) is 59.8 Å². The maximum Gasteiger partial charge on any atom is 0.269 e. The van der Waals surface area contributed by atoms with Crippen molar-refractivity contribution in [3.63, 3.8) is 0 Å². The normalized spacial score (nSPS) is 10.9. The summed E-state index contributed by atoms with van der Waals surface area (Å²) in [7, 11) is 0. The molecule has 0 fully saturated rings. The summed E-state index contributed by atoms with van der Waals surface area (Å²) in [5.41, 5.74) is 1.50. The average molecular weight is 264 g/mol. The molecule has 5 nitrogen and oxygen atoms in total. The minimum absolute atomic E-state index is 0.119. The van der Waals surface area contributed by atoms with Crippen molar-refractivity contribution < 1.29 is 0 Å². The highest BCUT2D eigenvalue weighted by molar-refractivity contribution is 7.09. The van der Waals surface area contributed by atoms with Crippen molar-refractivity contribution in [1.29, 1.82) is 0 Å². The second kappa shape index (κ2) is 5.30. The first-order chi connectivity index (χ1) is 8.54. The molecule has 0 spiro atoms. The molecule has 6 heteroatoms. The van der Waals surface area contributed by atoms with Crippen LogP contribution in [0.1, 0.15) is 24.5 Å². The van der Waals surface area contributed by atoms with Crippen LogP contribution in [-0.2, 0) is 6.54 Å². The number of hydrogen-bond donors (Lipinski definition) is 1. The van der Waals surface area contributed by atoms with Crippen LogP contribution in [0.25, 0.3) is 0 Å². The quantitative estimate of drug-likeness (QED) is 0.916. The fourth-order valence-electron chi connectivity index (χ4n) is 1.60. The molecule has 0 bridgehead atoms. The molecule has 0 aliphatic heterocycles. The van der Waals surface area contributed by atoms with Gasteiger partial charge in [-0.1, -0.05) is 0 Å². The van der Waals surface area contributed by atoms with E-state index in [9.17, 15) is 4.79 Å². The Morgan fingerprint density at radius 1 is 1.50 bits per heavy atom. The van der Waals surface area contributed by atoms with E-state index in [-0.39, 0.29) is 11.6 Å². The van der Waals surface area contributed by atoms with Gasteiger partial charge in [-0.2, -0.15) is 5.10 Å². The molecule has 2 aromatic heterocycles. The van der Waals surface area contributed by atoms with Crippen LogP contribution in [0.4, 0.5) is 5.69 Å². The number of rotatable bonds is 4. The van der Waals surface area contributed by atoms with E-state index in [0.29, 0.717) is 6.54 Å². The highest BCUT2D eigenvalue weighted by Gasteiger charge is 2.04. The molecule has 2 aromatic rings. The summed E-state index contributed by atoms with van der Waals surface area (Å²) < 4.78 is 1.42. The molecule has 0 aliphatic rings. The molecule has 18 heavy (non-hydrogen) atoms. The first kappa shape index (κ1) is 12.8. The van der Waals surface area contributed by atoms with Gasteiger partial charge in [-0.05, 0) is 20.8 Å². The molecule has 0 atom stereocenters. The largest absolute Gasteiger partial charge is 0.381 e. The fourth-order valence-corrected chi connectivity index (χ4v) is 2.20. The number of aromatic nitrogens is 3. The fraction of sp³-hybridized carbons (Fsp3) is 0.417. The van der Waals surface area contributed by atoms with Gasteiger partial charge in [-0.25, -0.2) is 9.67 Å². The molecule has 0 saturated heterocycles. The monoisotopic (exact) mass is 264 g/mol. The molecule has 2 heterocycles. The molecule has 96 valence electrons. The molecular weight excluding hydrogens is 248 g/mol. The smallest absolute Gasteiger partial charge is 0.269 e. The van der Waals surface area contributed by atoms with Gasteiger partial charge in [0, 0.05) is 17.5 Å². The maximum absolute atomic E-state index is 11.9. The number of anilines is 1. The van der Waals surface area contributed by atoms with Crippen LogP contribution in [0.2, 0.25) is 0 Å². The van der Waals surface area contributed by atoms with Crippen molar-refractivity contribution in [3.8, 4) is 0 Å². The lowest BCUT2D eigenvalue weighted by Gasteiger charge is -2.09. The van der Waals surface area contributed by atoms with Crippen LogP contribution < -0.4 is 10.9 Å². The standard InChI is InChI=1S/C12H16N4OS/c1-8(2)14-10-4-12(17)16(13-5-10)6-11-7-18-9(3)15-11/h4-5,7-8,14H,6H2,1-3H3. The van der Waals surface area contributed by atoms with E-state index in [0.717, 1.165) is 16.4 Å². The van der Waals surface area contributed by atoms with Crippen molar-refractivity contribution in [2.45, 2.75) is 33.4 Å². The SMILES string of the molecule is Cc1nc(Cn2ncc(NC(C)C)cc2=O)cs1. The van der Waals surface area contributed by atoms with Gasteiger partial charge in [-0.15, -0.1) is 11.3 Å². The Kier molecular flexibility index (Phi) is 3.76. The Hall–Kier alpha value is -1.69. The third-order valence-electron chi connectivity index (χ3n) is 2.30. The summed E-state index contributed by atoms with van der Waals surface area (Å²) in [4.78, 5) is 16.2. The van der Waals surface area contributed by atoms with Gasteiger partial charge in [-0.3, -0.25) is 4.79 Å². The molecule has 0 aromatic carbocycles. The molecule has 2 rings (SSSR count). The minimum Gasteiger partial charge on any atom is -0.381 e. The van der Waals surface area contributed by atoms with Crippen molar-refractivity contribution >= 4 is 17.0 Å². The van der Waals surface area contributed by atoms with Gasteiger partial charge in [0.05, 0.1) is 29.1 Å². The molecule has 0 aliphatic carbocycles. The number of nitrogens with one attached hydrogen (secondary N) is 1. The van der Waals surface area contributed by atoms with Crippen molar-refractivity contribution in [1.82, 2.24) is 14.8 Å². The Balaban J connectivity index is 2.17. The Bertz CT molecular complexity index is 588. The van der Waals surface area contributed by atoms with E-state index in [1.54, 1.807) is 23.6 Å². The number of thiazole rings is 1. The predicted octanol–water partition coefficient (Wildman–Crippen LogP) is 1.88. The summed E-state index contributed by atoms with van der Waals surface area (Å²) in [5.74, 6) is 0. The molecule has 0 radical (unpaired) electrons. The van der Waals surface area contributed by atoms with Crippen molar-refractivity contribution in [3.05, 3.63) is 38.7 Å². The van der Waals surface area contributed by atoms with Crippen LogP contribution >= 0.6 is 11.3 Å². The highest BCUT2D eigenvalue weighted by atomic mass is 32.1. The summed E-state index contributed by atoms with van der Waals surface area (Å²) in [6, 6.07) is 1.84. The first-order valence-electron chi connectivity index (χ1n) is 5.79. The Morgan fingerprint density at radius 3 is 2.83 bits per heavy atom. The van der Waals surface area contributed by atoms with E-state index >= 15 is 0 Å². The van der Waals surface area contributed by atoms with Gasteiger partial charge in [0.2, 0.25) is 0 Å². The van der Waals surface area contributed by atoms with E-state index < -0.39 is 0 Å². The highest BCUT2D eigenvalue weighted by Crippen LogP contribution is 2.08. The third kappa shape index (κ3) is 3.16. The average Bonchev–Trinajstić information content (AvgIpc) is 2.67. The van der Waals surface area contributed by atoms with Gasteiger partial charge in [0.25, 0.3) is 5.56 Å². The van der Waals surface area contributed by atoms with Crippen LogP contribution in [0.5, 0.6) is 0 Å². The Morgan fingerprint density at radius 2 is 2.28 bits per heavy atom. The zero-order valence-electron chi connectivity index (χ0n) is 10.7. The third-order valence-corrected chi connectivity index (χ3v) is 3.13. The molecule has 0 saturated carbocycles. The molecule has 0 unspecified atom stereocenters. The van der Waals surface area contributed by atoms with E-state index in [4.69, 9.17) is 0 Å². The first-order valence-corrected chi connectivity index (χ1v) is 6.67. The van der Waals surface area contributed by atoms with E-state index in [1.165, 1.54) is 4.68 Å². The zero-order chi connectivity index (χ0) is 13.1. The van der Waals surface area contributed by atoms with Crippen LogP contribution in [-0.4, -0.2) is 20.8 Å². The van der Waals surface area contributed by atoms with Gasteiger partial charge in [0.15, 0.2) is 0 Å². The molecular formula is C12H16N4OS. The van der Waals surface area contributed by atoms with Crippen LogP contribution in [0, 0.1) is 6.92 Å². The maximum atomic E-state index is 11.9. The predicted molar refractivity (Wildman–Crippen MR) is 73.2 cm³/mol. The van der Waals surface area contributed by atoms with Crippen LogP contribution in [0.15, 0.2) is 22.4 Å². The van der Waals surface area contributed by atoms with Crippen LogP contribution in [0.3, 0.4) is 0 Å². The minimum atomic E-state index is -0.119. The van der Waals surface area contributed by atoms with Crippen molar-refractivity contribution in [2.75, 3.05) is 5.32 Å². The van der Waals surface area contributed by atoms with Gasteiger partial charge >= 0.3 is 0 Å². The summed E-state index contributed by atoms with van der Waals surface area (Å²) in [6.45, 7) is 6.40. The second-order valence-electron chi connectivity index (χ2n) is 4.40. The lowest BCUT2D eigenvalue weighted by atomic mass is 10.3. The summed E-state index contributed by atoms with van der Waals surface area (Å²) >= 11 is 1.57. The van der Waals surface area contributed by atoms with Crippen molar-refractivity contribution in [2.24, 2.45) is 0 Å². The number of nitrogens with zero attached hydrogens (tertiary/aromatic N) is 3. The zero-order valence-corrected chi connectivity index (χ0v) is 11.5. The second-order valence-corrected chi connectivity index (χ2v) is 5.46. The van der Waals surface area contributed by atoms with Gasteiger partial charge in [0.1, 0.15) is 0 Å². The van der Waals surface area contributed by atoms with E-state index in [1.807, 2.05) is 26.2 Å².